The molecule has 0 amide bonds. The topological polar surface area (TPSA) is 108 Å². The third-order valence-electron chi connectivity index (χ3n) is 11.0. The smallest absolute Gasteiger partial charge is 0.462 e. The standard InChI is InChI=1S/C59H100NO8P/c1-6-8-10-12-14-16-18-20-22-24-26-27-28-29-30-31-32-33-34-36-38-40-42-44-46-48-50-52-59(62)68-57(56-67-69(63,64)66-54-53-60(3,4)5)55-65-58(61)51-49-47-45-43-41-39-37-35-25-23-21-19-17-15-13-11-9-7-2/h8,10,14,16,20,22-23,25-27,29-30,32-33,36,38,42,44,57H,6-7,9,11-13,15,17-19,21,24,28,31,34-35,37,39-41,43,45-56H2,1-5H3/p+1/b10-8-,16-14-,22-20-,25-23-,27-26-,30-29-,33-32-,38-36-,44-42-. The van der Waals surface area contributed by atoms with Crippen LogP contribution in [0.1, 0.15) is 200 Å². The Morgan fingerprint density at radius 3 is 1.28 bits per heavy atom. The zero-order valence-corrected chi connectivity index (χ0v) is 45.4. The average Bonchev–Trinajstić information content (AvgIpc) is 3.31. The third kappa shape index (κ3) is 53.9. The normalized spacial score (nSPS) is 14.2. The maximum absolute atomic E-state index is 12.8. The highest BCUT2D eigenvalue weighted by Gasteiger charge is 2.27. The van der Waals surface area contributed by atoms with Crippen LogP contribution in [0.2, 0.25) is 0 Å². The van der Waals surface area contributed by atoms with E-state index >= 15 is 0 Å². The zero-order valence-electron chi connectivity index (χ0n) is 44.5. The fourth-order valence-electron chi connectivity index (χ4n) is 6.85. The van der Waals surface area contributed by atoms with Gasteiger partial charge in [0.05, 0.1) is 27.7 Å². The van der Waals surface area contributed by atoms with Gasteiger partial charge in [0.25, 0.3) is 0 Å². The summed E-state index contributed by atoms with van der Waals surface area (Å²) in [6.07, 6.45) is 68.6. The summed E-state index contributed by atoms with van der Waals surface area (Å²) in [5.74, 6) is -0.861. The molecule has 0 bridgehead atoms. The first-order valence-electron chi connectivity index (χ1n) is 27.1. The molecule has 0 aliphatic heterocycles. The van der Waals surface area contributed by atoms with Gasteiger partial charge in [-0.05, 0) is 103 Å². The molecule has 394 valence electrons. The first kappa shape index (κ1) is 65.7. The predicted molar refractivity (Wildman–Crippen MR) is 293 cm³/mol. The summed E-state index contributed by atoms with van der Waals surface area (Å²) < 4.78 is 34.4. The minimum atomic E-state index is -4.40. The number of phosphoric ester groups is 1. The Morgan fingerprint density at radius 2 is 0.826 bits per heavy atom. The van der Waals surface area contributed by atoms with E-state index in [0.29, 0.717) is 17.4 Å². The molecule has 2 atom stereocenters. The molecule has 0 aromatic heterocycles. The van der Waals surface area contributed by atoms with E-state index in [0.717, 1.165) is 96.3 Å². The Balaban J connectivity index is 4.36. The molecular weight excluding hydrogens is 882 g/mol. The minimum absolute atomic E-state index is 0.0164. The van der Waals surface area contributed by atoms with Gasteiger partial charge in [-0.1, -0.05) is 194 Å². The number of rotatable bonds is 48. The number of carbonyl (C=O) groups is 2. The summed E-state index contributed by atoms with van der Waals surface area (Å²) >= 11 is 0. The first-order chi connectivity index (χ1) is 33.5. The van der Waals surface area contributed by atoms with Crippen molar-refractivity contribution in [2.45, 2.75) is 206 Å². The van der Waals surface area contributed by atoms with Crippen LogP contribution >= 0.6 is 7.82 Å². The van der Waals surface area contributed by atoms with Gasteiger partial charge in [-0.15, -0.1) is 0 Å². The highest BCUT2D eigenvalue weighted by atomic mass is 31.2. The molecule has 0 radical (unpaired) electrons. The molecule has 0 fully saturated rings. The molecule has 0 heterocycles. The highest BCUT2D eigenvalue weighted by molar-refractivity contribution is 7.47. The number of hydrogen-bond donors (Lipinski definition) is 1. The lowest BCUT2D eigenvalue weighted by Gasteiger charge is -2.24. The monoisotopic (exact) mass is 983 g/mol. The number of quaternary nitrogens is 1. The highest BCUT2D eigenvalue weighted by Crippen LogP contribution is 2.43. The summed E-state index contributed by atoms with van der Waals surface area (Å²) in [4.78, 5) is 35.6. The Hall–Kier alpha value is -3.33. The summed E-state index contributed by atoms with van der Waals surface area (Å²) in [5, 5.41) is 0. The van der Waals surface area contributed by atoms with Crippen molar-refractivity contribution in [2.24, 2.45) is 0 Å². The molecule has 0 saturated carbocycles. The van der Waals surface area contributed by atoms with E-state index in [1.54, 1.807) is 0 Å². The molecule has 0 aromatic carbocycles. The molecule has 0 aromatic rings. The molecule has 69 heavy (non-hydrogen) atoms. The van der Waals surface area contributed by atoms with Crippen molar-refractivity contribution < 1.29 is 42.1 Å². The maximum Gasteiger partial charge on any atom is 0.472 e. The van der Waals surface area contributed by atoms with E-state index in [1.807, 2.05) is 21.1 Å². The van der Waals surface area contributed by atoms with Crippen LogP contribution in [-0.4, -0.2) is 74.9 Å². The fraction of sp³-hybridized carbons (Fsp3) is 0.661. The molecule has 0 saturated heterocycles. The van der Waals surface area contributed by atoms with Crippen LogP contribution < -0.4 is 0 Å². The van der Waals surface area contributed by atoms with Crippen LogP contribution in [0.4, 0.5) is 0 Å². The molecule has 0 rings (SSSR count). The van der Waals surface area contributed by atoms with Crippen LogP contribution in [0.25, 0.3) is 0 Å². The lowest BCUT2D eigenvalue weighted by atomic mass is 10.1. The second-order valence-corrected chi connectivity index (χ2v) is 20.3. The van der Waals surface area contributed by atoms with Crippen molar-refractivity contribution in [2.75, 3.05) is 47.5 Å². The van der Waals surface area contributed by atoms with Gasteiger partial charge in [-0.2, -0.15) is 0 Å². The summed E-state index contributed by atoms with van der Waals surface area (Å²) in [6, 6.07) is 0. The van der Waals surface area contributed by atoms with E-state index in [4.69, 9.17) is 18.5 Å². The number of hydrogen-bond acceptors (Lipinski definition) is 7. The SMILES string of the molecule is CC/C=C\C/C=C\C/C=C\C/C=C\C/C=C\C/C=C\C/C=C\C/C=C\CCCCC(=O)OC(COC(=O)CCCCCCCCC/C=C\CCCCCCCCC)COP(=O)(O)OCC[N+](C)(C)C. The van der Waals surface area contributed by atoms with E-state index in [-0.39, 0.29) is 32.0 Å². The second kappa shape index (κ2) is 49.6. The first-order valence-corrected chi connectivity index (χ1v) is 28.6. The zero-order chi connectivity index (χ0) is 50.6. The van der Waals surface area contributed by atoms with Crippen LogP contribution in [0.5, 0.6) is 0 Å². The predicted octanol–water partition coefficient (Wildman–Crippen LogP) is 16.6. The summed E-state index contributed by atoms with van der Waals surface area (Å²) in [6.45, 7) is 4.25. The molecule has 1 N–H and O–H groups in total. The van der Waals surface area contributed by atoms with Crippen molar-refractivity contribution in [1.29, 1.82) is 0 Å². The molecule has 2 unspecified atom stereocenters. The van der Waals surface area contributed by atoms with Crippen molar-refractivity contribution >= 4 is 19.8 Å². The number of likely N-dealkylation sites (N-methyl/N-ethyl adjacent to an activating group) is 1. The van der Waals surface area contributed by atoms with Gasteiger partial charge in [0.15, 0.2) is 6.10 Å². The number of nitrogens with zero attached hydrogens (tertiary/aromatic N) is 1. The van der Waals surface area contributed by atoms with Gasteiger partial charge < -0.3 is 18.9 Å². The van der Waals surface area contributed by atoms with Gasteiger partial charge >= 0.3 is 19.8 Å². The second-order valence-electron chi connectivity index (χ2n) is 18.9. The maximum atomic E-state index is 12.8. The van der Waals surface area contributed by atoms with Crippen molar-refractivity contribution in [1.82, 2.24) is 0 Å². The van der Waals surface area contributed by atoms with Crippen LogP contribution in [0.3, 0.4) is 0 Å². The van der Waals surface area contributed by atoms with Gasteiger partial charge in [0, 0.05) is 12.8 Å². The number of carbonyl (C=O) groups excluding carboxylic acids is 2. The number of unbranched alkanes of at least 4 members (excludes halogenated alkanes) is 16. The number of esters is 2. The van der Waals surface area contributed by atoms with Crippen LogP contribution in [0.15, 0.2) is 109 Å². The van der Waals surface area contributed by atoms with Gasteiger partial charge in [-0.25, -0.2) is 4.57 Å². The largest absolute Gasteiger partial charge is 0.472 e. The summed E-state index contributed by atoms with van der Waals surface area (Å²) in [7, 11) is 1.43. The fourth-order valence-corrected chi connectivity index (χ4v) is 7.59. The quantitative estimate of drug-likeness (QED) is 0.0211. The molecular formula is C59H101NO8P+. The third-order valence-corrected chi connectivity index (χ3v) is 12.0. The van der Waals surface area contributed by atoms with E-state index < -0.39 is 26.5 Å². The number of allylic oxidation sites excluding steroid dienone is 18. The molecule has 9 nitrogen and oxygen atoms in total. The summed E-state index contributed by atoms with van der Waals surface area (Å²) in [5.41, 5.74) is 0. The van der Waals surface area contributed by atoms with Gasteiger partial charge in [0.1, 0.15) is 19.8 Å². The number of phosphoric acid groups is 1. The number of ether oxygens (including phenoxy) is 2. The Kier molecular flexibility index (Phi) is 47.2. The Bertz CT molecular complexity index is 1530. The van der Waals surface area contributed by atoms with Crippen LogP contribution in [-0.2, 0) is 32.7 Å². The van der Waals surface area contributed by atoms with Crippen molar-refractivity contribution in [3.8, 4) is 0 Å². The van der Waals surface area contributed by atoms with E-state index in [1.165, 1.54) is 70.6 Å². The van der Waals surface area contributed by atoms with E-state index in [2.05, 4.69) is 123 Å². The Morgan fingerprint density at radius 1 is 0.464 bits per heavy atom. The van der Waals surface area contributed by atoms with Gasteiger partial charge in [-0.3, -0.25) is 18.6 Å². The Labute approximate surface area is 423 Å². The molecule has 10 heteroatoms. The molecule has 0 spiro atoms. The molecule has 0 aliphatic rings. The minimum Gasteiger partial charge on any atom is -0.462 e. The van der Waals surface area contributed by atoms with Crippen molar-refractivity contribution in [3.63, 3.8) is 0 Å². The van der Waals surface area contributed by atoms with Crippen molar-refractivity contribution in [3.05, 3.63) is 109 Å². The lowest BCUT2D eigenvalue weighted by molar-refractivity contribution is -0.870. The molecule has 0 aliphatic carbocycles. The average molecular weight is 983 g/mol. The lowest BCUT2D eigenvalue weighted by Crippen LogP contribution is -2.37. The van der Waals surface area contributed by atoms with Crippen LogP contribution in [0, 0.1) is 0 Å². The van der Waals surface area contributed by atoms with E-state index in [9.17, 15) is 19.0 Å². The van der Waals surface area contributed by atoms with Gasteiger partial charge in [0.2, 0.25) is 0 Å².